The normalized spacial score (nSPS) is 24.3. The lowest BCUT2D eigenvalue weighted by Gasteiger charge is -2.32. The molecule has 0 heterocycles. The standard InChI is InChI=1S/C62H2O2/c63-60(64)59-61-55-47-39-29-19-11-3-1-2-5-9-7(3)15-23-17(9)27-21-13(5)14-6(2)10-8-4(1)12(11)20-26-16(8)24-18(10)28-22(14)32-31(21)41-35(27)45-37(23)43(33(39)25(15)19)51(55)53(45)57-49(41)50-42(32)36(28)46-38(24)44-34(26)40(30(20)29)48(47)56(61)52(44)54(46)58(50)62(57,59)61/h59H,(H,63,64). The zero-order valence-electron chi connectivity index (χ0n) is 31.9. The van der Waals surface area contributed by atoms with Crippen LogP contribution in [0.5, 0.6) is 0 Å². The third-order valence-electron chi connectivity index (χ3n) is 24.5. The first-order valence-corrected chi connectivity index (χ1v) is 23.8. The topological polar surface area (TPSA) is 37.3 Å². The van der Waals surface area contributed by atoms with E-state index in [1.807, 2.05) is 0 Å². The first-order chi connectivity index (χ1) is 31.8. The van der Waals surface area contributed by atoms with E-state index in [0.29, 0.717) is 0 Å². The number of carbonyl (C=O) groups is 1. The van der Waals surface area contributed by atoms with Gasteiger partial charge in [0.1, 0.15) is 0 Å². The number of hydrogen-bond donors (Lipinski definition) is 1. The zero-order valence-corrected chi connectivity index (χ0v) is 31.9. The fourth-order valence-corrected chi connectivity index (χ4v) is 24.8. The Morgan fingerprint density at radius 3 is 0.391 bits per heavy atom. The summed E-state index contributed by atoms with van der Waals surface area (Å²) in [6.45, 7) is 0. The minimum Gasteiger partial charge on any atom is -0.481 e. The van der Waals surface area contributed by atoms with E-state index in [-0.39, 0.29) is 0 Å². The molecule has 0 aromatic heterocycles. The Morgan fingerprint density at radius 1 is 0.203 bits per heavy atom. The Hall–Kier alpha value is -8.07. The SMILES string of the molecule is O=C(O)C1C23c4c5c6c7c8c9c(c%10c%11c2c2c4c4c%12c5c5c6c6c8c8c%13c9c9c%10c%10c%11c%11c2c2c4c4c%12c%12c5c5c6c8c6c8c%13c9c9c%10c%10c%11c2c2c4c4c%12c5c6c5c8c9c%10c2c45)C713. The van der Waals surface area contributed by atoms with Gasteiger partial charge in [0.05, 0.1) is 16.7 Å². The number of aliphatic carboxylic acids is 1. The van der Waals surface area contributed by atoms with Crippen molar-refractivity contribution < 1.29 is 9.90 Å². The number of carboxylic acids is 1. The summed E-state index contributed by atoms with van der Waals surface area (Å²) in [5, 5.41) is 96.6. The van der Waals surface area contributed by atoms with Crippen LogP contribution in [0.15, 0.2) is 0 Å². The molecule has 5 aliphatic carbocycles. The molecular formula is C62H2O2. The monoisotopic (exact) mass is 778 g/mol. The van der Waals surface area contributed by atoms with Gasteiger partial charge in [0, 0.05) is 0 Å². The third kappa shape index (κ3) is 1.05. The Morgan fingerprint density at radius 2 is 0.297 bits per heavy atom. The summed E-state index contributed by atoms with van der Waals surface area (Å²) in [5.74, 6) is -1.09. The van der Waals surface area contributed by atoms with Crippen LogP contribution in [-0.4, -0.2) is 11.1 Å². The number of rotatable bonds is 1. The van der Waals surface area contributed by atoms with E-state index in [2.05, 4.69) is 0 Å². The second kappa shape index (κ2) is 4.72. The molecule has 0 bridgehead atoms. The average molecular weight is 779 g/mol. The highest BCUT2D eigenvalue weighted by Gasteiger charge is 2.89. The fourth-order valence-electron chi connectivity index (χ4n) is 24.8. The molecule has 2 nitrogen and oxygen atoms in total. The van der Waals surface area contributed by atoms with E-state index in [0.717, 1.165) is 0 Å². The molecule has 2 heteroatoms. The van der Waals surface area contributed by atoms with E-state index in [1.165, 1.54) is 108 Å². The molecule has 33 rings (SSSR count). The Balaban J connectivity index is 1.29. The molecule has 0 saturated heterocycles. The van der Waals surface area contributed by atoms with Crippen LogP contribution < -0.4 is 0 Å². The Labute approximate surface area is 344 Å². The van der Waals surface area contributed by atoms with Gasteiger partial charge in [0.15, 0.2) is 0 Å². The number of hydrogen-bond acceptors (Lipinski definition) is 1. The molecule has 0 unspecified atom stereocenters. The van der Waals surface area contributed by atoms with Crippen LogP contribution in [0.2, 0.25) is 0 Å². The Kier molecular flexibility index (Phi) is 1.65. The summed E-state index contributed by atoms with van der Waals surface area (Å²) in [6, 6.07) is 0. The van der Waals surface area contributed by atoms with Gasteiger partial charge in [0.25, 0.3) is 0 Å². The molecule has 0 radical (unpaired) electrons. The second-order valence-corrected chi connectivity index (χ2v) is 24.1. The van der Waals surface area contributed by atoms with Crippen molar-refractivity contribution in [1.29, 1.82) is 0 Å². The van der Waals surface area contributed by atoms with Crippen molar-refractivity contribution in [2.45, 2.75) is 10.8 Å². The Bertz CT molecular complexity index is 6470. The van der Waals surface area contributed by atoms with E-state index in [1.54, 1.807) is 205 Å². The smallest absolute Gasteiger partial charge is 0.309 e. The molecular weight excluding hydrogens is 777 g/mol. The molecule has 262 valence electrons. The van der Waals surface area contributed by atoms with Crippen LogP contribution in [0, 0.1) is 5.92 Å². The van der Waals surface area contributed by atoms with Crippen LogP contribution in [0.25, 0.3) is 291 Å². The van der Waals surface area contributed by atoms with E-state index < -0.39 is 22.7 Å². The second-order valence-electron chi connectivity index (χ2n) is 24.1. The van der Waals surface area contributed by atoms with Crippen molar-refractivity contribution >= 4 is 297 Å². The maximum Gasteiger partial charge on any atom is 0.309 e. The predicted molar refractivity (Wildman–Crippen MR) is 265 cm³/mol. The van der Waals surface area contributed by atoms with Gasteiger partial charge in [-0.25, -0.2) is 0 Å². The maximum absolute atomic E-state index is 15.0. The lowest BCUT2D eigenvalue weighted by atomic mass is 9.68. The molecule has 0 atom stereocenters. The minimum atomic E-state index is -0.607. The molecule has 28 aromatic rings. The largest absolute Gasteiger partial charge is 0.481 e. The zero-order chi connectivity index (χ0) is 37.6. The molecule has 28 aromatic carbocycles. The highest BCUT2D eigenvalue weighted by Crippen LogP contribution is 2.92. The first kappa shape index (κ1) is 22.3. The van der Waals surface area contributed by atoms with E-state index >= 15 is 4.79 Å². The predicted octanol–water partition coefficient (Wildman–Crippen LogP) is 16.0. The third-order valence-corrected chi connectivity index (χ3v) is 24.5. The lowest BCUT2D eigenvalue weighted by molar-refractivity contribution is -0.139. The lowest BCUT2D eigenvalue weighted by Crippen LogP contribution is -2.27. The maximum atomic E-state index is 15.0. The van der Waals surface area contributed by atoms with Crippen molar-refractivity contribution in [2.24, 2.45) is 5.92 Å². The highest BCUT2D eigenvalue weighted by atomic mass is 16.4. The molecule has 64 heavy (non-hydrogen) atoms. The van der Waals surface area contributed by atoms with Crippen LogP contribution in [0.4, 0.5) is 0 Å². The molecule has 0 amide bonds. The van der Waals surface area contributed by atoms with Crippen LogP contribution in [0.1, 0.15) is 22.3 Å². The van der Waals surface area contributed by atoms with Gasteiger partial charge in [0.2, 0.25) is 0 Å². The number of carboxylic acid groups (broad SMARTS) is 1. The van der Waals surface area contributed by atoms with Crippen molar-refractivity contribution in [2.75, 3.05) is 0 Å². The van der Waals surface area contributed by atoms with Gasteiger partial charge in [-0.15, -0.1) is 0 Å². The van der Waals surface area contributed by atoms with Crippen LogP contribution >= 0.6 is 0 Å². The summed E-state index contributed by atoms with van der Waals surface area (Å²) in [4.78, 5) is 15.0. The van der Waals surface area contributed by atoms with Gasteiger partial charge in [-0.05, 0) is 313 Å². The minimum absolute atomic E-state index is 0.520. The van der Waals surface area contributed by atoms with Gasteiger partial charge in [-0.1, -0.05) is 0 Å². The van der Waals surface area contributed by atoms with Gasteiger partial charge >= 0.3 is 5.97 Å². The average Bonchev–Trinajstić information content (AvgIpc) is 4.14. The van der Waals surface area contributed by atoms with Crippen molar-refractivity contribution in [3.63, 3.8) is 0 Å². The summed E-state index contributed by atoms with van der Waals surface area (Å²) in [7, 11) is 0. The summed E-state index contributed by atoms with van der Waals surface area (Å²) < 4.78 is 0. The van der Waals surface area contributed by atoms with E-state index in [4.69, 9.17) is 0 Å². The van der Waals surface area contributed by atoms with Gasteiger partial charge in [-0.2, -0.15) is 0 Å². The van der Waals surface area contributed by atoms with E-state index in [9.17, 15) is 5.11 Å². The van der Waals surface area contributed by atoms with Crippen LogP contribution in [0.3, 0.4) is 0 Å². The molecule has 1 N–H and O–H groups in total. The van der Waals surface area contributed by atoms with Crippen LogP contribution in [-0.2, 0) is 15.6 Å². The van der Waals surface area contributed by atoms with Crippen molar-refractivity contribution in [1.82, 2.24) is 0 Å². The molecule has 2 spiro atoms. The summed E-state index contributed by atoms with van der Waals surface area (Å²) in [5.41, 5.74) is 4.66. The van der Waals surface area contributed by atoms with Gasteiger partial charge < -0.3 is 5.11 Å². The molecule has 0 aliphatic heterocycles. The quantitative estimate of drug-likeness (QED) is 0.169. The number of benzene rings is 18. The molecule has 1 saturated carbocycles. The highest BCUT2D eigenvalue weighted by molar-refractivity contribution is 6.82. The summed E-state index contributed by atoms with van der Waals surface area (Å²) in [6.07, 6.45) is 0. The molecule has 5 aliphatic rings. The van der Waals surface area contributed by atoms with Gasteiger partial charge in [-0.3, -0.25) is 4.79 Å². The fraction of sp³-hybridized carbons (Fsp3) is 0.0484. The first-order valence-electron chi connectivity index (χ1n) is 23.8. The van der Waals surface area contributed by atoms with Crippen molar-refractivity contribution in [3.8, 4) is 0 Å². The van der Waals surface area contributed by atoms with Crippen molar-refractivity contribution in [3.05, 3.63) is 22.3 Å². The molecule has 1 fully saturated rings. The summed E-state index contributed by atoms with van der Waals surface area (Å²) >= 11 is 0.